The summed E-state index contributed by atoms with van der Waals surface area (Å²) < 4.78 is 16.7. The Labute approximate surface area is 818 Å². The zero-order valence-electron chi connectivity index (χ0n) is 79.2. The van der Waals surface area contributed by atoms with Gasteiger partial charge in [-0.2, -0.15) is 0 Å². The summed E-state index contributed by atoms with van der Waals surface area (Å²) in [6.07, 6.45) is 37.7. The van der Waals surface area contributed by atoms with Crippen molar-refractivity contribution in [1.29, 1.82) is 0 Å². The van der Waals surface area contributed by atoms with E-state index < -0.39 is 0 Å². The molecular formula is C113H142LiN3O15S2. The van der Waals surface area contributed by atoms with Crippen molar-refractivity contribution < 1.29 is 90.6 Å². The molecule has 12 atom stereocenters. The van der Waals surface area contributed by atoms with Crippen LogP contribution >= 0.6 is 11.8 Å². The number of ketones is 3. The van der Waals surface area contributed by atoms with Gasteiger partial charge in [0.25, 0.3) is 0 Å². The van der Waals surface area contributed by atoms with E-state index in [2.05, 4.69) is 12.6 Å². The van der Waals surface area contributed by atoms with Crippen LogP contribution in [0.25, 0.3) is 0 Å². The van der Waals surface area contributed by atoms with Crippen LogP contribution in [0.1, 0.15) is 356 Å². The van der Waals surface area contributed by atoms with Crippen LogP contribution in [-0.2, 0) is 65.1 Å². The Morgan fingerprint density at radius 3 is 1.00 bits per heavy atom. The van der Waals surface area contributed by atoms with E-state index in [9.17, 15) is 57.5 Å². The van der Waals surface area contributed by atoms with Gasteiger partial charge in [0.2, 0.25) is 40.6 Å². The first-order valence-corrected chi connectivity index (χ1v) is 51.2. The number of amides is 6. The van der Waals surface area contributed by atoms with E-state index in [1.807, 2.05) is 142 Å². The van der Waals surface area contributed by atoms with Gasteiger partial charge in [-0.3, -0.25) is 62.6 Å². The molecule has 3 saturated heterocycles. The molecule has 0 unspecified atom stereocenters. The van der Waals surface area contributed by atoms with Crippen LogP contribution in [0.5, 0.6) is 11.5 Å². The third-order valence-electron chi connectivity index (χ3n) is 28.8. The number of methoxy groups -OCH3 is 1. The van der Waals surface area contributed by atoms with Crippen LogP contribution in [0.2, 0.25) is 0 Å². The van der Waals surface area contributed by atoms with Crippen molar-refractivity contribution in [3.63, 3.8) is 0 Å². The number of fused-ring (bicyclic) bond motifs is 3. The maximum Gasteiger partial charge on any atom is 1.00 e. The van der Waals surface area contributed by atoms with Crippen molar-refractivity contribution in [2.24, 2.45) is 53.3 Å². The van der Waals surface area contributed by atoms with Crippen LogP contribution in [0.3, 0.4) is 0 Å². The third kappa shape index (κ3) is 29.5. The monoisotopic (exact) mass is 1850 g/mol. The number of hydrogen-bond donors (Lipinski definition) is 0. The molecule has 21 heteroatoms. The molecule has 0 aromatic heterocycles. The number of esters is 1. The topological polar surface area (TPSA) is 242 Å². The minimum atomic E-state index is -0.382. The van der Waals surface area contributed by atoms with E-state index >= 15 is 0 Å². The van der Waals surface area contributed by atoms with E-state index in [4.69, 9.17) is 14.2 Å². The SMILES string of the molecule is C.CC.COc1cc(C)cc(OCc2ccc(C(=O)C[C@H]3CCCCCC[C@H]3C(=O)N3C(=O)[C@@H]4CCCCCC[C@@H]43)cc2)c1.O=C(C[C@H]1CCCCCC[C@H]1C(=O)N1C(=O)[C@@H]2CCCCCC[C@@H]21)c1ccc(COC(=O)c2ccccc2)cc1.O=C(C[C@H]1CCCCCC[C@H]1C(=O)N1C(=O)[C@@H]2CCCCCC[C@@H]21)c1ccc(CSC(=O)c2ccccc2)cc1.O=C([S-])c1ccccc1.[Li+]. The molecule has 0 spiro atoms. The maximum atomic E-state index is 13.9. The van der Waals surface area contributed by atoms with Gasteiger partial charge in [-0.1, -0.05) is 339 Å². The van der Waals surface area contributed by atoms with Gasteiger partial charge in [0, 0.05) is 76.2 Å². The number of carbonyl (C=O) groups excluding carboxylic acids is 12. The molecule has 712 valence electrons. The Morgan fingerprint density at radius 2 is 0.657 bits per heavy atom. The number of likely N-dealkylation sites (tertiary alicyclic amines) is 3. The molecule has 0 N–H and O–H groups in total. The number of nitrogens with zero attached hydrogens (tertiary/aromatic N) is 3. The number of imide groups is 3. The van der Waals surface area contributed by atoms with Gasteiger partial charge >= 0.3 is 24.8 Å². The Morgan fingerprint density at radius 1 is 0.351 bits per heavy atom. The van der Waals surface area contributed by atoms with Crippen molar-refractivity contribution in [2.75, 3.05) is 7.11 Å². The Balaban J connectivity index is 0.000000195. The molecule has 3 heterocycles. The zero-order valence-corrected chi connectivity index (χ0v) is 80.9. The van der Waals surface area contributed by atoms with Gasteiger partial charge in [0.05, 0.1) is 48.6 Å². The summed E-state index contributed by atoms with van der Waals surface area (Å²) in [5.41, 5.74) is 7.55. The number of hydrogen-bond acceptors (Lipinski definition) is 17. The second-order valence-electron chi connectivity index (χ2n) is 37.7. The molecular weight excluding hydrogens is 1710 g/mol. The fourth-order valence-corrected chi connectivity index (χ4v) is 22.3. The predicted molar refractivity (Wildman–Crippen MR) is 527 cm³/mol. The summed E-state index contributed by atoms with van der Waals surface area (Å²) >= 11 is 5.67. The zero-order chi connectivity index (χ0) is 93.3. The fraction of sp³-hybridized carbons (Fsp3) is 0.522. The number of rotatable bonds is 23. The Kier molecular flexibility index (Phi) is 43.8. The van der Waals surface area contributed by atoms with Crippen molar-refractivity contribution in [2.45, 2.75) is 316 Å². The minimum absolute atomic E-state index is 0. The number of benzene rings is 7. The number of carbonyl (C=O) groups is 12. The van der Waals surface area contributed by atoms with Crippen LogP contribution < -0.4 is 28.3 Å². The van der Waals surface area contributed by atoms with Crippen LogP contribution in [-0.4, -0.2) is 109 Å². The normalized spacial score (nSPS) is 23.4. The Bertz CT molecular complexity index is 4790. The number of ether oxygens (including phenoxy) is 3. The molecule has 16 rings (SSSR count). The quantitative estimate of drug-likeness (QED) is 0.0144. The number of thioether (sulfide) groups is 1. The maximum absolute atomic E-state index is 13.9. The predicted octanol–water partition coefficient (Wildman–Crippen LogP) is 22.0. The molecule has 7 aromatic carbocycles. The van der Waals surface area contributed by atoms with Gasteiger partial charge in [-0.15, -0.1) is 0 Å². The van der Waals surface area contributed by atoms with Gasteiger partial charge in [-0.05, 0) is 154 Å². The largest absolute Gasteiger partial charge is 1.00 e. The summed E-state index contributed by atoms with van der Waals surface area (Å²) in [6.45, 7) is 6.53. The first-order valence-electron chi connectivity index (χ1n) is 49.8. The summed E-state index contributed by atoms with van der Waals surface area (Å²) in [5.74, 6) is 1.09. The molecule has 18 nitrogen and oxygen atoms in total. The van der Waals surface area contributed by atoms with E-state index in [1.54, 1.807) is 82.5 Å². The number of aryl methyl sites for hydroxylation is 1. The molecule has 9 aliphatic rings. The van der Waals surface area contributed by atoms with Crippen LogP contribution in [0.15, 0.2) is 182 Å². The molecule has 6 saturated carbocycles. The smallest absolute Gasteiger partial charge is 0.737 e. The molecule has 134 heavy (non-hydrogen) atoms. The van der Waals surface area contributed by atoms with Gasteiger partial charge in [0.15, 0.2) is 17.3 Å². The fourth-order valence-electron chi connectivity index (χ4n) is 21.4. The van der Waals surface area contributed by atoms with Gasteiger partial charge in [0.1, 0.15) is 24.7 Å². The standard InChI is InChI=1S/C35H45NO5.C34H41NO5.C34H41NO4S.C7H6OS.C2H6.CH4.Li/c1-24-19-28(40-2)22-29(20-24)41-23-25-15-17-26(18-16-25)33(37)21-27-11-7-3-4-8-12-30(27)34(38)36-32-14-10-6-5-9-13-31(32)35(36)39;2*36-31(25-20-18-24(19-21-25)23-40-34(39)26-12-7-5-8-13-26)22-27-14-6-1-2-9-15-28(27)32(37)35-30-17-11-4-3-10-16-29(30)33(35)38;8-7(9)6-4-2-1-3-5-6;1-2;;/h15-20,22,27,30-32H,3-14,21,23H2,1-2H3;2*5,7-8,12-13,18-21,27-30H,1-4,6,9-11,14-17,22-23H2;1-5H,(H,8,9);1-2H3;1H4;/q;;;;;;+1/p-1/t27-,30-,31-,32+;2*27-,28-,29-,30+;;;;/m111..../s1. The molecule has 6 amide bonds. The molecule has 0 bridgehead atoms. The average molecular weight is 1850 g/mol. The molecule has 9 fully saturated rings. The number of Topliss-reactive ketones (excluding diaryl/α,β-unsaturated/α-hetero) is 3. The van der Waals surface area contributed by atoms with Crippen molar-refractivity contribution >= 4 is 93.4 Å². The summed E-state index contributed by atoms with van der Waals surface area (Å²) in [4.78, 5) is 161. The van der Waals surface area contributed by atoms with E-state index in [1.165, 1.54) is 50.3 Å². The average Bonchev–Trinajstić information content (AvgIpc) is 0.758. The van der Waals surface area contributed by atoms with Crippen LogP contribution in [0, 0.1) is 60.2 Å². The Hall–Kier alpha value is -9.45. The molecule has 7 aromatic rings. The van der Waals surface area contributed by atoms with Crippen molar-refractivity contribution in [3.05, 3.63) is 238 Å². The third-order valence-corrected chi connectivity index (χ3v) is 30.1. The first kappa shape index (κ1) is 107. The molecule has 0 radical (unpaired) electrons. The van der Waals surface area contributed by atoms with Crippen molar-refractivity contribution in [1.82, 2.24) is 14.7 Å². The van der Waals surface area contributed by atoms with E-state index in [-0.39, 0.29) is 173 Å². The van der Waals surface area contributed by atoms with Crippen LogP contribution in [0.4, 0.5) is 0 Å². The molecule has 3 aliphatic heterocycles. The summed E-state index contributed by atoms with van der Waals surface area (Å²) in [5, 5.41) is -0.261. The minimum Gasteiger partial charge on any atom is -0.737 e. The van der Waals surface area contributed by atoms with E-state index in [0.29, 0.717) is 65.0 Å². The first-order chi connectivity index (χ1) is 64.3. The van der Waals surface area contributed by atoms with Crippen molar-refractivity contribution in [3.8, 4) is 11.5 Å². The van der Waals surface area contributed by atoms with Gasteiger partial charge < -0.3 is 31.6 Å². The molecule has 6 aliphatic carbocycles. The number of β-lactam (4-membered cyclic amide) rings is 3. The second-order valence-corrected chi connectivity index (χ2v) is 39.0. The summed E-state index contributed by atoms with van der Waals surface area (Å²) in [7, 11) is 1.64. The van der Waals surface area contributed by atoms with E-state index in [0.717, 1.165) is 226 Å². The van der Waals surface area contributed by atoms with Gasteiger partial charge in [-0.25, -0.2) is 4.79 Å². The second kappa shape index (κ2) is 55.1. The summed E-state index contributed by atoms with van der Waals surface area (Å²) in [6, 6.07) is 55.3.